The molecule has 0 radical (unpaired) electrons. The van der Waals surface area contributed by atoms with Crippen molar-refractivity contribution >= 4 is 34.5 Å². The molecule has 0 unspecified atom stereocenters. The van der Waals surface area contributed by atoms with Crippen molar-refractivity contribution in [3.05, 3.63) is 64.4 Å². The van der Waals surface area contributed by atoms with Crippen LogP contribution in [0.25, 0.3) is 0 Å². The molecule has 2 aliphatic rings. The number of hydrogen-bond acceptors (Lipinski definition) is 5. The van der Waals surface area contributed by atoms with Crippen LogP contribution < -0.4 is 0 Å². The molecule has 0 spiro atoms. The molecule has 1 saturated heterocycles. The lowest BCUT2D eigenvalue weighted by molar-refractivity contribution is 0.209. The van der Waals surface area contributed by atoms with E-state index in [2.05, 4.69) is 22.1 Å². The highest BCUT2D eigenvalue weighted by Gasteiger charge is 2.25. The van der Waals surface area contributed by atoms with Crippen LogP contribution in [0.4, 0.5) is 10.1 Å². The highest BCUT2D eigenvalue weighted by molar-refractivity contribution is 6.43. The van der Waals surface area contributed by atoms with Crippen LogP contribution in [0.1, 0.15) is 11.1 Å². The Labute approximate surface area is 173 Å². The van der Waals surface area contributed by atoms with E-state index in [1.807, 2.05) is 4.90 Å². The van der Waals surface area contributed by atoms with Crippen molar-refractivity contribution in [3.8, 4) is 0 Å². The molecule has 0 aliphatic carbocycles. The van der Waals surface area contributed by atoms with E-state index in [1.165, 1.54) is 6.07 Å². The molecule has 0 saturated carbocycles. The molecule has 29 heavy (non-hydrogen) atoms. The van der Waals surface area contributed by atoms with Crippen molar-refractivity contribution in [2.45, 2.75) is 0 Å². The number of hydrogen-bond donors (Lipinski definition) is 1. The standard InChI is InChI=1S/C21H21ClFN5O/c1-27-8-10-28(11-9-27)21(26-29)19-13-24-20(15-4-2-3-5-17(15)23)16-12-14(22)6-7-18(16)25-19/h2-7,12,29H,8-11,13H2,1H3. The van der Waals surface area contributed by atoms with Gasteiger partial charge in [-0.05, 0) is 37.4 Å². The molecule has 0 bridgehead atoms. The molecule has 2 aliphatic heterocycles. The van der Waals surface area contributed by atoms with Gasteiger partial charge >= 0.3 is 0 Å². The van der Waals surface area contributed by atoms with Crippen molar-refractivity contribution in [2.75, 3.05) is 39.8 Å². The Morgan fingerprint density at radius 3 is 2.59 bits per heavy atom. The summed E-state index contributed by atoms with van der Waals surface area (Å²) in [6, 6.07) is 11.7. The molecule has 2 aromatic carbocycles. The van der Waals surface area contributed by atoms with Crippen LogP contribution in [0.5, 0.6) is 0 Å². The Morgan fingerprint density at radius 1 is 1.10 bits per heavy atom. The normalized spacial score (nSPS) is 18.0. The predicted octanol–water partition coefficient (Wildman–Crippen LogP) is 3.44. The Morgan fingerprint density at radius 2 is 1.86 bits per heavy atom. The summed E-state index contributed by atoms with van der Waals surface area (Å²) >= 11 is 6.21. The fourth-order valence-electron chi connectivity index (χ4n) is 3.54. The second-order valence-electron chi connectivity index (χ2n) is 7.08. The quantitative estimate of drug-likeness (QED) is 0.355. The Hall–Kier alpha value is -2.77. The first-order valence-electron chi connectivity index (χ1n) is 9.39. The van der Waals surface area contributed by atoms with Crippen LogP contribution in [-0.2, 0) is 0 Å². The number of rotatable bonds is 2. The van der Waals surface area contributed by atoms with Crippen molar-refractivity contribution in [1.82, 2.24) is 9.80 Å². The van der Waals surface area contributed by atoms with Crippen LogP contribution in [0.3, 0.4) is 0 Å². The first-order valence-corrected chi connectivity index (χ1v) is 9.77. The Balaban J connectivity index is 1.78. The molecule has 0 atom stereocenters. The Kier molecular flexibility index (Phi) is 5.60. The van der Waals surface area contributed by atoms with Gasteiger partial charge in [-0.1, -0.05) is 28.9 Å². The van der Waals surface area contributed by atoms with E-state index >= 15 is 0 Å². The van der Waals surface area contributed by atoms with E-state index in [9.17, 15) is 9.60 Å². The number of benzene rings is 2. The number of halogens is 2. The molecule has 1 N–H and O–H groups in total. The molecule has 2 heterocycles. The lowest BCUT2D eigenvalue weighted by Gasteiger charge is -2.34. The summed E-state index contributed by atoms with van der Waals surface area (Å²) in [5.74, 6) is 0.0354. The summed E-state index contributed by atoms with van der Waals surface area (Å²) in [6.07, 6.45) is 0. The van der Waals surface area contributed by atoms with Crippen molar-refractivity contribution < 1.29 is 9.60 Å². The summed E-state index contributed by atoms with van der Waals surface area (Å²) in [5, 5.41) is 13.8. The van der Waals surface area contributed by atoms with Crippen LogP contribution in [0.2, 0.25) is 5.02 Å². The SMILES string of the molecule is CN1CCN(C(=NO)C2=Nc3ccc(Cl)cc3C(c3ccccc3F)=NC2)CC1. The zero-order chi connectivity index (χ0) is 20.4. The third kappa shape index (κ3) is 4.02. The second kappa shape index (κ2) is 8.31. The van der Waals surface area contributed by atoms with E-state index in [1.54, 1.807) is 36.4 Å². The van der Waals surface area contributed by atoms with E-state index in [0.717, 1.165) is 26.2 Å². The van der Waals surface area contributed by atoms with Gasteiger partial charge in [-0.3, -0.25) is 4.99 Å². The minimum absolute atomic E-state index is 0.168. The lowest BCUT2D eigenvalue weighted by Crippen LogP contribution is -2.49. The molecule has 4 rings (SSSR count). The van der Waals surface area contributed by atoms with Gasteiger partial charge in [0.2, 0.25) is 0 Å². The molecule has 8 heteroatoms. The number of nitrogens with zero attached hydrogens (tertiary/aromatic N) is 5. The summed E-state index contributed by atoms with van der Waals surface area (Å²) < 4.78 is 14.5. The van der Waals surface area contributed by atoms with E-state index in [-0.39, 0.29) is 12.4 Å². The summed E-state index contributed by atoms with van der Waals surface area (Å²) in [7, 11) is 2.06. The van der Waals surface area contributed by atoms with Gasteiger partial charge in [0.05, 0.1) is 17.9 Å². The van der Waals surface area contributed by atoms with Gasteiger partial charge in [-0.2, -0.15) is 0 Å². The minimum atomic E-state index is -0.365. The van der Waals surface area contributed by atoms with Gasteiger partial charge in [0.15, 0.2) is 5.84 Å². The topological polar surface area (TPSA) is 63.8 Å². The molecular weight excluding hydrogens is 393 g/mol. The van der Waals surface area contributed by atoms with Crippen LogP contribution in [-0.4, -0.2) is 72.0 Å². The first kappa shape index (κ1) is 19.5. The van der Waals surface area contributed by atoms with E-state index in [4.69, 9.17) is 16.6 Å². The highest BCUT2D eigenvalue weighted by Crippen LogP contribution is 2.29. The fourth-order valence-corrected chi connectivity index (χ4v) is 3.71. The van der Waals surface area contributed by atoms with E-state index in [0.29, 0.717) is 39.1 Å². The predicted molar refractivity (Wildman–Crippen MR) is 114 cm³/mol. The maximum atomic E-state index is 14.5. The summed E-state index contributed by atoms with van der Waals surface area (Å²) in [5.41, 5.74) is 2.66. The number of amidine groups is 1. The van der Waals surface area contributed by atoms with Gasteiger partial charge in [-0.15, -0.1) is 0 Å². The highest BCUT2D eigenvalue weighted by atomic mass is 35.5. The Bertz CT molecular complexity index is 1010. The summed E-state index contributed by atoms with van der Waals surface area (Å²) in [4.78, 5) is 13.6. The van der Waals surface area contributed by atoms with Gasteiger partial charge in [-0.25, -0.2) is 9.38 Å². The van der Waals surface area contributed by atoms with Crippen LogP contribution in [0.15, 0.2) is 57.6 Å². The number of aliphatic imine (C=N–C) groups is 2. The first-order chi connectivity index (χ1) is 14.1. The van der Waals surface area contributed by atoms with Gasteiger partial charge in [0.1, 0.15) is 11.5 Å². The van der Waals surface area contributed by atoms with Crippen molar-refractivity contribution in [1.29, 1.82) is 0 Å². The average molecular weight is 414 g/mol. The smallest absolute Gasteiger partial charge is 0.191 e. The molecule has 1 fully saturated rings. The third-order valence-corrected chi connectivity index (χ3v) is 5.38. The van der Waals surface area contributed by atoms with Crippen LogP contribution in [0, 0.1) is 5.82 Å². The van der Waals surface area contributed by atoms with Gasteiger partial charge in [0.25, 0.3) is 0 Å². The molecule has 0 amide bonds. The molecule has 150 valence electrons. The van der Waals surface area contributed by atoms with Gasteiger partial charge in [0, 0.05) is 42.3 Å². The maximum Gasteiger partial charge on any atom is 0.191 e. The summed E-state index contributed by atoms with van der Waals surface area (Å²) in [6.45, 7) is 3.35. The third-order valence-electron chi connectivity index (χ3n) is 5.14. The minimum Gasteiger partial charge on any atom is -0.409 e. The lowest BCUT2D eigenvalue weighted by atomic mass is 10.0. The number of oxime groups is 1. The molecule has 6 nitrogen and oxygen atoms in total. The maximum absolute atomic E-state index is 14.5. The number of likely N-dealkylation sites (N-methyl/N-ethyl adjacent to an activating group) is 1. The zero-order valence-corrected chi connectivity index (χ0v) is 16.8. The van der Waals surface area contributed by atoms with Crippen LogP contribution >= 0.6 is 11.6 Å². The van der Waals surface area contributed by atoms with Crippen molar-refractivity contribution in [2.24, 2.45) is 15.1 Å². The monoisotopic (exact) mass is 413 g/mol. The molecular formula is C21H21ClFN5O. The van der Waals surface area contributed by atoms with Gasteiger partial charge < -0.3 is 15.0 Å². The average Bonchev–Trinajstić information content (AvgIpc) is 2.90. The molecule has 0 aromatic heterocycles. The largest absolute Gasteiger partial charge is 0.409 e. The second-order valence-corrected chi connectivity index (χ2v) is 7.52. The molecule has 2 aromatic rings. The fraction of sp³-hybridized carbons (Fsp3) is 0.286. The van der Waals surface area contributed by atoms with E-state index < -0.39 is 0 Å². The number of fused-ring (bicyclic) bond motifs is 1. The zero-order valence-electron chi connectivity index (χ0n) is 16.0. The number of piperazine rings is 1. The van der Waals surface area contributed by atoms with Crippen molar-refractivity contribution in [3.63, 3.8) is 0 Å².